The Morgan fingerprint density at radius 2 is 2.25 bits per heavy atom. The van der Waals surface area contributed by atoms with E-state index >= 15 is 0 Å². The van der Waals surface area contributed by atoms with E-state index in [4.69, 9.17) is 11.6 Å². The number of benzene rings is 1. The lowest BCUT2D eigenvalue weighted by Gasteiger charge is -2.07. The number of halogens is 1. The van der Waals surface area contributed by atoms with Crippen molar-refractivity contribution in [2.75, 3.05) is 6.54 Å². The maximum Gasteiger partial charge on any atom is 0.288 e. The molecular formula is C13H15ClN4O2. The van der Waals surface area contributed by atoms with Crippen molar-refractivity contribution in [3.63, 3.8) is 0 Å². The third kappa shape index (κ3) is 2.97. The Bertz CT molecular complexity index is 639. The molecule has 0 saturated heterocycles. The van der Waals surface area contributed by atoms with Gasteiger partial charge in [-0.1, -0.05) is 18.5 Å². The fraction of sp³-hybridized carbons (Fsp3) is 0.308. The number of hydrogen-bond acceptors (Lipinski definition) is 4. The van der Waals surface area contributed by atoms with Crippen molar-refractivity contribution >= 4 is 17.3 Å². The number of nitro groups is 1. The van der Waals surface area contributed by atoms with Crippen LogP contribution in [0.3, 0.4) is 0 Å². The topological polar surface area (TPSA) is 73.0 Å². The average molecular weight is 295 g/mol. The highest BCUT2D eigenvalue weighted by Gasteiger charge is 2.16. The standard InChI is InChI=1S/C13H15ClN4O2/c1-3-15-8-10-4-5-17(16-10)12-7-11(14)13(18(19)20)6-9(12)2/h4-7,15H,3,8H2,1-2H3. The van der Waals surface area contributed by atoms with Crippen LogP contribution in [-0.4, -0.2) is 21.2 Å². The Labute approximate surface area is 121 Å². The van der Waals surface area contributed by atoms with Crippen LogP contribution in [0.2, 0.25) is 5.02 Å². The van der Waals surface area contributed by atoms with E-state index in [0.717, 1.165) is 23.5 Å². The second kappa shape index (κ2) is 6.02. The molecule has 20 heavy (non-hydrogen) atoms. The molecule has 1 N–H and O–H groups in total. The molecule has 0 aliphatic heterocycles. The van der Waals surface area contributed by atoms with E-state index in [1.54, 1.807) is 17.7 Å². The minimum Gasteiger partial charge on any atom is -0.311 e. The molecular weight excluding hydrogens is 280 g/mol. The van der Waals surface area contributed by atoms with Gasteiger partial charge in [0, 0.05) is 18.8 Å². The Kier molecular flexibility index (Phi) is 4.36. The van der Waals surface area contributed by atoms with Gasteiger partial charge in [0.1, 0.15) is 5.02 Å². The summed E-state index contributed by atoms with van der Waals surface area (Å²) in [6.45, 7) is 5.38. The maximum atomic E-state index is 10.8. The van der Waals surface area contributed by atoms with Crippen LogP contribution >= 0.6 is 11.6 Å². The molecule has 0 bridgehead atoms. The van der Waals surface area contributed by atoms with Crippen molar-refractivity contribution in [2.45, 2.75) is 20.4 Å². The predicted molar refractivity (Wildman–Crippen MR) is 77.3 cm³/mol. The predicted octanol–water partition coefficient (Wildman–Crippen LogP) is 2.85. The van der Waals surface area contributed by atoms with Gasteiger partial charge in [0.2, 0.25) is 0 Å². The number of nitrogens with zero attached hydrogens (tertiary/aromatic N) is 3. The van der Waals surface area contributed by atoms with Crippen molar-refractivity contribution in [2.24, 2.45) is 0 Å². The van der Waals surface area contributed by atoms with Gasteiger partial charge in [-0.2, -0.15) is 5.10 Å². The van der Waals surface area contributed by atoms with E-state index in [1.807, 2.05) is 19.2 Å². The zero-order chi connectivity index (χ0) is 14.7. The Hall–Kier alpha value is -1.92. The summed E-state index contributed by atoms with van der Waals surface area (Å²) >= 11 is 5.94. The lowest BCUT2D eigenvalue weighted by molar-refractivity contribution is -0.384. The number of hydrogen-bond donors (Lipinski definition) is 1. The van der Waals surface area contributed by atoms with Crippen molar-refractivity contribution < 1.29 is 4.92 Å². The molecule has 0 unspecified atom stereocenters. The van der Waals surface area contributed by atoms with Gasteiger partial charge in [-0.15, -0.1) is 0 Å². The third-order valence-electron chi connectivity index (χ3n) is 2.91. The van der Waals surface area contributed by atoms with Crippen LogP contribution in [0.15, 0.2) is 24.4 Å². The number of rotatable bonds is 5. The lowest BCUT2D eigenvalue weighted by atomic mass is 10.2. The van der Waals surface area contributed by atoms with Gasteiger partial charge in [-0.05, 0) is 31.2 Å². The van der Waals surface area contributed by atoms with Crippen LogP contribution in [0, 0.1) is 17.0 Å². The first kappa shape index (κ1) is 14.5. The quantitative estimate of drug-likeness (QED) is 0.680. The zero-order valence-corrected chi connectivity index (χ0v) is 12.0. The first-order valence-electron chi connectivity index (χ1n) is 6.23. The normalized spacial score (nSPS) is 10.8. The van der Waals surface area contributed by atoms with E-state index in [2.05, 4.69) is 10.4 Å². The summed E-state index contributed by atoms with van der Waals surface area (Å²) < 4.78 is 1.68. The monoisotopic (exact) mass is 294 g/mol. The second-order valence-corrected chi connectivity index (χ2v) is 4.79. The Morgan fingerprint density at radius 1 is 1.50 bits per heavy atom. The summed E-state index contributed by atoms with van der Waals surface area (Å²) in [5, 5.41) is 18.6. The highest BCUT2D eigenvalue weighted by atomic mass is 35.5. The van der Waals surface area contributed by atoms with Gasteiger partial charge in [0.25, 0.3) is 5.69 Å². The van der Waals surface area contributed by atoms with Crippen LogP contribution in [0.25, 0.3) is 5.69 Å². The molecule has 0 aliphatic carbocycles. The molecule has 0 amide bonds. The van der Waals surface area contributed by atoms with Crippen LogP contribution in [0.5, 0.6) is 0 Å². The molecule has 0 aliphatic rings. The van der Waals surface area contributed by atoms with Gasteiger partial charge >= 0.3 is 0 Å². The summed E-state index contributed by atoms with van der Waals surface area (Å²) in [5.74, 6) is 0. The molecule has 0 atom stereocenters. The van der Waals surface area contributed by atoms with Gasteiger partial charge < -0.3 is 5.32 Å². The summed E-state index contributed by atoms with van der Waals surface area (Å²) in [7, 11) is 0. The first-order chi connectivity index (χ1) is 9.52. The fourth-order valence-electron chi connectivity index (χ4n) is 1.89. The molecule has 2 aromatic rings. The molecule has 1 aromatic carbocycles. The summed E-state index contributed by atoms with van der Waals surface area (Å²) in [6.07, 6.45) is 1.82. The van der Waals surface area contributed by atoms with E-state index in [0.29, 0.717) is 6.54 Å². The minimum atomic E-state index is -0.487. The zero-order valence-electron chi connectivity index (χ0n) is 11.3. The molecule has 6 nitrogen and oxygen atoms in total. The highest BCUT2D eigenvalue weighted by molar-refractivity contribution is 6.32. The van der Waals surface area contributed by atoms with Crippen molar-refractivity contribution in [1.29, 1.82) is 0 Å². The van der Waals surface area contributed by atoms with Crippen LogP contribution in [0.4, 0.5) is 5.69 Å². The number of nitro benzene ring substituents is 1. The Balaban J connectivity index is 2.35. The smallest absolute Gasteiger partial charge is 0.288 e. The summed E-state index contributed by atoms with van der Waals surface area (Å²) in [5.41, 5.74) is 2.30. The second-order valence-electron chi connectivity index (χ2n) is 4.38. The molecule has 0 fully saturated rings. The van der Waals surface area contributed by atoms with Crippen molar-refractivity contribution in [1.82, 2.24) is 15.1 Å². The van der Waals surface area contributed by atoms with Gasteiger partial charge in [-0.3, -0.25) is 10.1 Å². The molecule has 2 rings (SSSR count). The van der Waals surface area contributed by atoms with Crippen LogP contribution in [-0.2, 0) is 6.54 Å². The van der Waals surface area contributed by atoms with Gasteiger partial charge in [-0.25, -0.2) is 4.68 Å². The van der Waals surface area contributed by atoms with Crippen molar-refractivity contribution in [3.05, 3.63) is 50.8 Å². The summed E-state index contributed by atoms with van der Waals surface area (Å²) in [4.78, 5) is 10.3. The molecule has 0 spiro atoms. The maximum absolute atomic E-state index is 10.8. The van der Waals surface area contributed by atoms with E-state index in [9.17, 15) is 10.1 Å². The van der Waals surface area contributed by atoms with E-state index in [-0.39, 0.29) is 10.7 Å². The molecule has 106 valence electrons. The number of aryl methyl sites for hydroxylation is 1. The fourth-order valence-corrected chi connectivity index (χ4v) is 2.11. The molecule has 1 heterocycles. The highest BCUT2D eigenvalue weighted by Crippen LogP contribution is 2.29. The van der Waals surface area contributed by atoms with Crippen LogP contribution in [0.1, 0.15) is 18.2 Å². The first-order valence-corrected chi connectivity index (χ1v) is 6.61. The van der Waals surface area contributed by atoms with Gasteiger partial charge in [0.05, 0.1) is 16.3 Å². The van der Waals surface area contributed by atoms with Gasteiger partial charge in [0.15, 0.2) is 0 Å². The number of nitrogens with one attached hydrogen (secondary N) is 1. The minimum absolute atomic E-state index is 0.0899. The van der Waals surface area contributed by atoms with E-state index < -0.39 is 4.92 Å². The largest absolute Gasteiger partial charge is 0.311 e. The SMILES string of the molecule is CCNCc1ccn(-c2cc(Cl)c([N+](=O)[O-])cc2C)n1. The number of aromatic nitrogens is 2. The van der Waals surface area contributed by atoms with E-state index in [1.165, 1.54) is 6.07 Å². The Morgan fingerprint density at radius 3 is 2.90 bits per heavy atom. The average Bonchev–Trinajstić information content (AvgIpc) is 2.86. The van der Waals surface area contributed by atoms with Crippen LogP contribution < -0.4 is 5.32 Å². The molecule has 7 heteroatoms. The van der Waals surface area contributed by atoms with Crippen molar-refractivity contribution in [3.8, 4) is 5.69 Å². The third-order valence-corrected chi connectivity index (χ3v) is 3.21. The summed E-state index contributed by atoms with van der Waals surface area (Å²) in [6, 6.07) is 4.93. The molecule has 0 radical (unpaired) electrons. The molecule has 1 aromatic heterocycles. The lowest BCUT2D eigenvalue weighted by Crippen LogP contribution is -2.12. The molecule has 0 saturated carbocycles.